The summed E-state index contributed by atoms with van der Waals surface area (Å²) in [5.74, 6) is -1.49. The van der Waals surface area contributed by atoms with Crippen LogP contribution in [0.1, 0.15) is 0 Å². The minimum Gasteiger partial charge on any atom is -0.504 e. The molecule has 7 heteroatoms. The van der Waals surface area contributed by atoms with E-state index in [1.807, 2.05) is 0 Å². The highest BCUT2D eigenvalue weighted by atomic mass is 79.9. The smallest absolute Gasteiger partial charge is 0.230 e. The molecule has 0 saturated heterocycles. The fraction of sp³-hybridized carbons (Fsp3) is 0.100. The zero-order valence-corrected chi connectivity index (χ0v) is 10.3. The number of nitrogens with zero attached hydrogens (tertiary/aromatic N) is 1. The molecule has 1 aromatic heterocycles. The number of nitrogens with two attached hydrogens (primary N) is 1. The molecule has 0 radical (unpaired) electrons. The first kappa shape index (κ1) is 11.7. The molecule has 5 nitrogen and oxygen atoms in total. The predicted molar refractivity (Wildman–Crippen MR) is 62.2 cm³/mol. The Kier molecular flexibility index (Phi) is 2.93. The van der Waals surface area contributed by atoms with Crippen molar-refractivity contribution in [2.45, 2.75) is 0 Å². The van der Waals surface area contributed by atoms with Gasteiger partial charge in [0.15, 0.2) is 11.5 Å². The van der Waals surface area contributed by atoms with Gasteiger partial charge in [-0.25, -0.2) is 0 Å². The highest BCUT2D eigenvalue weighted by Gasteiger charge is 2.21. The van der Waals surface area contributed by atoms with Crippen molar-refractivity contribution in [1.29, 1.82) is 0 Å². The SMILES string of the molecule is COc1c(-c2cnoc2N)cc(Br)c(O)c1F. The van der Waals surface area contributed by atoms with Gasteiger partial charge < -0.3 is 20.1 Å². The van der Waals surface area contributed by atoms with Gasteiger partial charge in [0.1, 0.15) is 0 Å². The normalized spacial score (nSPS) is 10.5. The summed E-state index contributed by atoms with van der Waals surface area (Å²) in [4.78, 5) is 0. The van der Waals surface area contributed by atoms with Crippen LogP contribution in [0.2, 0.25) is 0 Å². The summed E-state index contributed by atoms with van der Waals surface area (Å²) in [6, 6.07) is 1.47. The molecular formula is C10H8BrFN2O3. The summed E-state index contributed by atoms with van der Waals surface area (Å²) in [7, 11) is 1.29. The molecule has 0 aliphatic heterocycles. The van der Waals surface area contributed by atoms with Crippen LogP contribution in [-0.4, -0.2) is 17.4 Å². The maximum Gasteiger partial charge on any atom is 0.230 e. The summed E-state index contributed by atoms with van der Waals surface area (Å²) in [6.45, 7) is 0. The van der Waals surface area contributed by atoms with Gasteiger partial charge in [-0.2, -0.15) is 4.39 Å². The number of ether oxygens (including phenoxy) is 1. The summed E-state index contributed by atoms with van der Waals surface area (Å²) in [5.41, 5.74) is 6.28. The molecule has 0 fully saturated rings. The standard InChI is InChI=1S/C10H8BrFN2O3/c1-16-9-4(5-3-14-17-10(5)13)2-6(11)8(15)7(9)12/h2-3,15H,13H2,1H3. The van der Waals surface area contributed by atoms with E-state index in [4.69, 9.17) is 15.0 Å². The molecule has 2 aromatic rings. The number of hydrogen-bond donors (Lipinski definition) is 2. The van der Waals surface area contributed by atoms with Crippen molar-refractivity contribution in [2.75, 3.05) is 12.8 Å². The van der Waals surface area contributed by atoms with Gasteiger partial charge in [0.2, 0.25) is 11.7 Å². The maximum absolute atomic E-state index is 13.8. The van der Waals surface area contributed by atoms with E-state index < -0.39 is 11.6 Å². The summed E-state index contributed by atoms with van der Waals surface area (Å²) in [5, 5.41) is 12.9. The Morgan fingerprint density at radius 2 is 2.24 bits per heavy atom. The van der Waals surface area contributed by atoms with E-state index in [1.54, 1.807) is 0 Å². The third-order valence-electron chi connectivity index (χ3n) is 2.24. The van der Waals surface area contributed by atoms with Gasteiger partial charge in [0, 0.05) is 5.56 Å². The second kappa shape index (κ2) is 4.25. The van der Waals surface area contributed by atoms with Crippen LogP contribution in [0, 0.1) is 5.82 Å². The lowest BCUT2D eigenvalue weighted by Crippen LogP contribution is -1.94. The number of benzene rings is 1. The molecule has 2 rings (SSSR count). The molecule has 0 atom stereocenters. The van der Waals surface area contributed by atoms with Crippen molar-refractivity contribution in [3.63, 3.8) is 0 Å². The first-order valence-corrected chi connectivity index (χ1v) is 5.31. The van der Waals surface area contributed by atoms with Crippen LogP contribution in [0.3, 0.4) is 0 Å². The van der Waals surface area contributed by atoms with Crippen LogP contribution in [0.15, 0.2) is 21.3 Å². The molecule has 1 heterocycles. The van der Waals surface area contributed by atoms with Gasteiger partial charge in [-0.15, -0.1) is 0 Å². The van der Waals surface area contributed by atoms with E-state index in [0.717, 1.165) is 0 Å². The molecule has 0 amide bonds. The Bertz CT molecular complexity index is 571. The molecule has 0 bridgehead atoms. The summed E-state index contributed by atoms with van der Waals surface area (Å²) < 4.78 is 23.5. The van der Waals surface area contributed by atoms with E-state index in [-0.39, 0.29) is 16.1 Å². The molecular weight excluding hydrogens is 295 g/mol. The van der Waals surface area contributed by atoms with Gasteiger partial charge >= 0.3 is 0 Å². The number of phenolic OH excluding ortho intramolecular Hbond substituents is 1. The lowest BCUT2D eigenvalue weighted by atomic mass is 10.1. The van der Waals surface area contributed by atoms with E-state index >= 15 is 0 Å². The van der Waals surface area contributed by atoms with Crippen molar-refractivity contribution in [3.05, 3.63) is 22.6 Å². The highest BCUT2D eigenvalue weighted by molar-refractivity contribution is 9.10. The number of phenols is 1. The number of anilines is 1. The Labute approximate surface area is 104 Å². The van der Waals surface area contributed by atoms with E-state index in [0.29, 0.717) is 11.1 Å². The fourth-order valence-electron chi connectivity index (χ4n) is 1.44. The molecule has 17 heavy (non-hydrogen) atoms. The average molecular weight is 303 g/mol. The third-order valence-corrected chi connectivity index (χ3v) is 2.85. The van der Waals surface area contributed by atoms with Crippen LogP contribution in [0.5, 0.6) is 11.5 Å². The van der Waals surface area contributed by atoms with Crippen molar-refractivity contribution in [1.82, 2.24) is 5.16 Å². The van der Waals surface area contributed by atoms with E-state index in [1.165, 1.54) is 19.4 Å². The first-order chi connectivity index (χ1) is 8.06. The zero-order chi connectivity index (χ0) is 12.6. The molecule has 1 aromatic carbocycles. The third kappa shape index (κ3) is 1.82. The largest absolute Gasteiger partial charge is 0.504 e. The van der Waals surface area contributed by atoms with Gasteiger partial charge in [0.05, 0.1) is 23.3 Å². The first-order valence-electron chi connectivity index (χ1n) is 4.51. The number of nitrogen functional groups attached to an aromatic ring is 1. The second-order valence-electron chi connectivity index (χ2n) is 3.21. The molecule has 0 aliphatic carbocycles. The number of halogens is 2. The van der Waals surface area contributed by atoms with E-state index in [9.17, 15) is 9.50 Å². The molecule has 0 aliphatic rings. The van der Waals surface area contributed by atoms with Crippen molar-refractivity contribution >= 4 is 21.8 Å². The van der Waals surface area contributed by atoms with Gasteiger partial charge in [-0.1, -0.05) is 5.16 Å². The number of hydrogen-bond acceptors (Lipinski definition) is 5. The Morgan fingerprint density at radius 3 is 2.76 bits per heavy atom. The maximum atomic E-state index is 13.8. The monoisotopic (exact) mass is 302 g/mol. The van der Waals surface area contributed by atoms with E-state index in [2.05, 4.69) is 21.1 Å². The van der Waals surface area contributed by atoms with Gasteiger partial charge in [-0.3, -0.25) is 0 Å². The molecule has 0 spiro atoms. The Balaban J connectivity index is 2.74. The van der Waals surface area contributed by atoms with Crippen molar-refractivity contribution in [3.8, 4) is 22.6 Å². The summed E-state index contributed by atoms with van der Waals surface area (Å²) in [6.07, 6.45) is 1.34. The highest BCUT2D eigenvalue weighted by Crippen LogP contribution is 2.42. The number of rotatable bonds is 2. The molecule has 90 valence electrons. The Hall–Kier alpha value is -1.76. The minimum atomic E-state index is -0.877. The number of aromatic nitrogens is 1. The number of aromatic hydroxyl groups is 1. The average Bonchev–Trinajstić information content (AvgIpc) is 2.72. The van der Waals surface area contributed by atoms with Crippen molar-refractivity contribution < 1.29 is 18.8 Å². The van der Waals surface area contributed by atoms with Crippen LogP contribution < -0.4 is 10.5 Å². The van der Waals surface area contributed by atoms with Crippen molar-refractivity contribution in [2.24, 2.45) is 0 Å². The lowest BCUT2D eigenvalue weighted by molar-refractivity contribution is 0.364. The summed E-state index contributed by atoms with van der Waals surface area (Å²) >= 11 is 3.03. The number of methoxy groups -OCH3 is 1. The predicted octanol–water partition coefficient (Wildman–Crippen LogP) is 2.54. The Morgan fingerprint density at radius 1 is 1.53 bits per heavy atom. The topological polar surface area (TPSA) is 81.5 Å². The minimum absolute atomic E-state index is 0.0419. The van der Waals surface area contributed by atoms with Crippen LogP contribution in [0.25, 0.3) is 11.1 Å². The molecule has 0 saturated carbocycles. The molecule has 3 N–H and O–H groups in total. The second-order valence-corrected chi connectivity index (χ2v) is 4.06. The zero-order valence-electron chi connectivity index (χ0n) is 8.70. The molecule has 0 unspecified atom stereocenters. The fourth-order valence-corrected chi connectivity index (χ4v) is 1.84. The van der Waals surface area contributed by atoms with Crippen LogP contribution in [0.4, 0.5) is 10.3 Å². The lowest BCUT2D eigenvalue weighted by Gasteiger charge is -2.10. The van der Waals surface area contributed by atoms with Gasteiger partial charge in [0.25, 0.3) is 0 Å². The van der Waals surface area contributed by atoms with Crippen LogP contribution in [-0.2, 0) is 0 Å². The van der Waals surface area contributed by atoms with Crippen LogP contribution >= 0.6 is 15.9 Å². The van der Waals surface area contributed by atoms with Gasteiger partial charge in [-0.05, 0) is 22.0 Å². The quantitative estimate of drug-likeness (QED) is 0.891.